The molecule has 0 radical (unpaired) electrons. The Bertz CT molecular complexity index is 2070. The molecule has 0 spiro atoms. The predicted octanol–water partition coefficient (Wildman–Crippen LogP) is 8.47. The molecule has 7 aliphatic rings. The number of fused-ring (bicyclic) bond motifs is 8. The van der Waals surface area contributed by atoms with Crippen LogP contribution in [-0.2, 0) is 10.2 Å². The Balaban J connectivity index is 1.18. The lowest BCUT2D eigenvalue weighted by atomic mass is 9.82. The Morgan fingerprint density at radius 1 is 0.857 bits per heavy atom. The lowest BCUT2D eigenvalue weighted by Crippen LogP contribution is -2.39. The van der Waals surface area contributed by atoms with Gasteiger partial charge >= 0.3 is 0 Å². The summed E-state index contributed by atoms with van der Waals surface area (Å²) in [5, 5.41) is 0. The Hall–Kier alpha value is -4.89. The smallest absolute Gasteiger partial charge is 0.230 e. The fourth-order valence-corrected chi connectivity index (χ4v) is 8.35. The van der Waals surface area contributed by atoms with E-state index < -0.39 is 0 Å². The number of nitrogens with zero attached hydrogens (tertiary/aromatic N) is 2. The fraction of sp³-hybridized carbons (Fsp3) is 0.154. The predicted molar refractivity (Wildman–Crippen MR) is 168 cm³/mol. The minimum atomic E-state index is -0.0467. The lowest BCUT2D eigenvalue weighted by molar-refractivity contribution is -0.461. The maximum Gasteiger partial charge on any atom is 0.230 e. The zero-order valence-corrected chi connectivity index (χ0v) is 23.6. The van der Waals surface area contributed by atoms with Gasteiger partial charge in [-0.15, -0.1) is 0 Å². The molecule has 200 valence electrons. The van der Waals surface area contributed by atoms with Crippen LogP contribution in [0.3, 0.4) is 0 Å². The molecule has 0 saturated heterocycles. The molecule has 3 aromatic carbocycles. The second-order valence-corrected chi connectivity index (χ2v) is 12.7. The third-order valence-electron chi connectivity index (χ3n) is 10.3. The van der Waals surface area contributed by atoms with E-state index >= 15 is 0 Å². The molecule has 42 heavy (non-hydrogen) atoms. The highest BCUT2D eigenvalue weighted by molar-refractivity contribution is 6.07. The highest BCUT2D eigenvalue weighted by Gasteiger charge is 2.52. The van der Waals surface area contributed by atoms with Crippen molar-refractivity contribution in [2.75, 3.05) is 4.90 Å². The van der Waals surface area contributed by atoms with E-state index in [1.54, 1.807) is 0 Å². The Morgan fingerprint density at radius 3 is 2.64 bits per heavy atom. The average Bonchev–Trinajstić information content (AvgIpc) is 3.63. The highest BCUT2D eigenvalue weighted by atomic mass is 16.5. The SMILES string of the molecule is CC1(C)c2ccccc2-c2ccc(N3C4=CC=CC5=C6C=C7OC8C=CC=CC8=C7CC6=[N+](c6ccccc63)C45)cc21. The first-order valence-electron chi connectivity index (χ1n) is 15.0. The number of rotatable bonds is 1. The topological polar surface area (TPSA) is 15.5 Å². The molecule has 0 fully saturated rings. The van der Waals surface area contributed by atoms with E-state index in [2.05, 4.69) is 139 Å². The molecule has 3 heterocycles. The fourth-order valence-electron chi connectivity index (χ4n) is 8.35. The molecule has 2 unspecified atom stereocenters. The van der Waals surface area contributed by atoms with Gasteiger partial charge in [0, 0.05) is 33.9 Å². The first kappa shape index (κ1) is 22.8. The van der Waals surface area contributed by atoms with Crippen molar-refractivity contribution in [2.45, 2.75) is 37.8 Å². The van der Waals surface area contributed by atoms with Crippen LogP contribution in [0, 0.1) is 0 Å². The quantitative estimate of drug-likeness (QED) is 0.287. The molecular formula is C39H29N2O+. The maximum atomic E-state index is 6.45. The summed E-state index contributed by atoms with van der Waals surface area (Å²) >= 11 is 0. The van der Waals surface area contributed by atoms with Gasteiger partial charge in [-0.05, 0) is 58.7 Å². The van der Waals surface area contributed by atoms with Crippen molar-refractivity contribution >= 4 is 22.8 Å². The summed E-state index contributed by atoms with van der Waals surface area (Å²) in [5.74, 6) is 1.03. The molecule has 2 atom stereocenters. The van der Waals surface area contributed by atoms with Crippen molar-refractivity contribution in [3.8, 4) is 11.1 Å². The second-order valence-electron chi connectivity index (χ2n) is 12.7. The summed E-state index contributed by atoms with van der Waals surface area (Å²) in [5.41, 5.74) is 17.2. The maximum absolute atomic E-state index is 6.45. The summed E-state index contributed by atoms with van der Waals surface area (Å²) in [4.78, 5) is 2.51. The molecule has 0 amide bonds. The third kappa shape index (κ3) is 2.70. The molecule has 3 aromatic rings. The van der Waals surface area contributed by atoms with Crippen molar-refractivity contribution in [3.05, 3.63) is 160 Å². The van der Waals surface area contributed by atoms with Crippen LogP contribution in [0.1, 0.15) is 31.4 Å². The van der Waals surface area contributed by atoms with Crippen LogP contribution in [0.15, 0.2) is 149 Å². The van der Waals surface area contributed by atoms with Crippen molar-refractivity contribution < 1.29 is 9.31 Å². The van der Waals surface area contributed by atoms with Gasteiger partial charge in [0.2, 0.25) is 11.7 Å². The number of para-hydroxylation sites is 2. The molecule has 4 aliphatic carbocycles. The van der Waals surface area contributed by atoms with Crippen LogP contribution in [0.5, 0.6) is 0 Å². The van der Waals surface area contributed by atoms with Crippen LogP contribution < -0.4 is 4.90 Å². The number of hydrogen-bond acceptors (Lipinski definition) is 2. The summed E-state index contributed by atoms with van der Waals surface area (Å²) < 4.78 is 9.06. The summed E-state index contributed by atoms with van der Waals surface area (Å²) in [6.07, 6.45) is 18.7. The van der Waals surface area contributed by atoms with Gasteiger partial charge in [0.1, 0.15) is 17.6 Å². The highest BCUT2D eigenvalue weighted by Crippen LogP contribution is 2.54. The van der Waals surface area contributed by atoms with E-state index in [9.17, 15) is 0 Å². The minimum Gasteiger partial charge on any atom is -0.481 e. The van der Waals surface area contributed by atoms with E-state index in [1.165, 1.54) is 73.0 Å². The van der Waals surface area contributed by atoms with Crippen LogP contribution in [0.4, 0.5) is 17.1 Å². The van der Waals surface area contributed by atoms with Gasteiger partial charge in [-0.2, -0.15) is 4.58 Å². The zero-order chi connectivity index (χ0) is 27.7. The van der Waals surface area contributed by atoms with Crippen LogP contribution in [0.25, 0.3) is 11.1 Å². The van der Waals surface area contributed by atoms with Gasteiger partial charge in [-0.3, -0.25) is 0 Å². The number of ether oxygens (including phenoxy) is 1. The number of anilines is 2. The first-order valence-corrected chi connectivity index (χ1v) is 15.0. The number of hydrogen-bond donors (Lipinski definition) is 0. The van der Waals surface area contributed by atoms with Gasteiger partial charge in [-0.1, -0.05) is 86.7 Å². The van der Waals surface area contributed by atoms with Crippen LogP contribution >= 0.6 is 0 Å². The van der Waals surface area contributed by atoms with E-state index in [0.29, 0.717) is 0 Å². The van der Waals surface area contributed by atoms with Gasteiger partial charge in [-0.25, -0.2) is 0 Å². The summed E-state index contributed by atoms with van der Waals surface area (Å²) in [7, 11) is 0. The standard InChI is InChI=1S/C39H29N2O/c1-39(2)30-13-5-3-10-24(30)25-19-18-23(20-31(25)39)40-32-14-6-7-15-33(32)41-35-21-29-26-11-4-8-17-36(26)42-37(29)22-28(35)27-12-9-16-34(40)38(27)41/h3-20,22,36,38H,21H2,1-2H3/q+1. The molecule has 10 rings (SSSR count). The van der Waals surface area contributed by atoms with Crippen LogP contribution in [0.2, 0.25) is 0 Å². The summed E-state index contributed by atoms with van der Waals surface area (Å²) in [6.45, 7) is 4.72. The zero-order valence-electron chi connectivity index (χ0n) is 23.6. The Labute approximate surface area is 245 Å². The van der Waals surface area contributed by atoms with Crippen LogP contribution in [-0.4, -0.2) is 22.4 Å². The molecule has 3 heteroatoms. The molecule has 0 aromatic heterocycles. The third-order valence-corrected chi connectivity index (χ3v) is 10.3. The van der Waals surface area contributed by atoms with Gasteiger partial charge in [0.05, 0.1) is 17.7 Å². The lowest BCUT2D eigenvalue weighted by Gasteiger charge is -2.36. The number of benzene rings is 3. The largest absolute Gasteiger partial charge is 0.481 e. The Morgan fingerprint density at radius 2 is 1.69 bits per heavy atom. The van der Waals surface area contributed by atoms with E-state index in [4.69, 9.17) is 4.74 Å². The number of allylic oxidation sites excluding steroid dienone is 7. The molecule has 0 saturated carbocycles. The molecule has 0 N–H and O–H groups in total. The average molecular weight is 542 g/mol. The van der Waals surface area contributed by atoms with Gasteiger partial charge in [0.25, 0.3) is 0 Å². The minimum absolute atomic E-state index is 0.0359. The van der Waals surface area contributed by atoms with E-state index in [-0.39, 0.29) is 17.6 Å². The van der Waals surface area contributed by atoms with Gasteiger partial charge < -0.3 is 9.64 Å². The molecule has 3 nitrogen and oxygen atoms in total. The first-order chi connectivity index (χ1) is 20.6. The van der Waals surface area contributed by atoms with Gasteiger partial charge in [0.15, 0.2) is 5.71 Å². The van der Waals surface area contributed by atoms with Crippen molar-refractivity contribution in [2.24, 2.45) is 0 Å². The monoisotopic (exact) mass is 541 g/mol. The van der Waals surface area contributed by atoms with Crippen molar-refractivity contribution in [1.29, 1.82) is 0 Å². The Kier molecular flexibility index (Phi) is 4.16. The van der Waals surface area contributed by atoms with Crippen molar-refractivity contribution in [1.82, 2.24) is 0 Å². The molecule has 3 aliphatic heterocycles. The second kappa shape index (κ2) is 7.68. The molecular weight excluding hydrogens is 512 g/mol. The molecule has 0 bridgehead atoms. The van der Waals surface area contributed by atoms with E-state index in [0.717, 1.165) is 12.2 Å². The van der Waals surface area contributed by atoms with E-state index in [1.807, 2.05) is 0 Å². The normalized spacial score (nSPS) is 24.4. The summed E-state index contributed by atoms with van der Waals surface area (Å²) in [6, 6.07) is 25.1. The van der Waals surface area contributed by atoms with Crippen molar-refractivity contribution in [3.63, 3.8) is 0 Å².